The molecule has 2 heterocycles. The fourth-order valence-corrected chi connectivity index (χ4v) is 2.87. The Morgan fingerprint density at radius 2 is 2.09 bits per heavy atom. The van der Waals surface area contributed by atoms with Crippen LogP contribution < -0.4 is 10.2 Å². The van der Waals surface area contributed by atoms with Crippen molar-refractivity contribution < 1.29 is 5.11 Å². The van der Waals surface area contributed by atoms with E-state index in [4.69, 9.17) is 5.11 Å². The van der Waals surface area contributed by atoms with Crippen LogP contribution in [0.1, 0.15) is 6.92 Å². The Hall–Kier alpha value is -2.12. The summed E-state index contributed by atoms with van der Waals surface area (Å²) in [6.07, 6.45) is 5.49. The highest BCUT2D eigenvalue weighted by molar-refractivity contribution is 9.10. The second-order valence-electron chi connectivity index (χ2n) is 5.05. The maximum absolute atomic E-state index is 9.11. The summed E-state index contributed by atoms with van der Waals surface area (Å²) < 4.78 is 2.65. The number of anilines is 3. The van der Waals surface area contributed by atoms with E-state index in [1.54, 1.807) is 6.20 Å². The highest BCUT2D eigenvalue weighted by Crippen LogP contribution is 2.23. The lowest BCUT2D eigenvalue weighted by Gasteiger charge is -2.22. The number of rotatable bonds is 6. The molecule has 6 nitrogen and oxygen atoms in total. The smallest absolute Gasteiger partial charge is 0.180 e. The number of aromatic nitrogens is 3. The van der Waals surface area contributed by atoms with Gasteiger partial charge in [0.15, 0.2) is 11.5 Å². The molecule has 0 aliphatic carbocycles. The van der Waals surface area contributed by atoms with Crippen molar-refractivity contribution >= 4 is 38.8 Å². The number of benzene rings is 1. The molecule has 7 heteroatoms. The first-order chi connectivity index (χ1) is 11.2. The van der Waals surface area contributed by atoms with Crippen molar-refractivity contribution in [2.45, 2.75) is 6.92 Å². The number of hydrogen-bond donors (Lipinski definition) is 2. The maximum atomic E-state index is 9.11. The molecular formula is C16H18BrN5O. The molecule has 0 spiro atoms. The Kier molecular flexibility index (Phi) is 4.78. The van der Waals surface area contributed by atoms with Crippen LogP contribution in [0.3, 0.4) is 0 Å². The molecule has 0 fully saturated rings. The number of imidazole rings is 1. The molecule has 0 atom stereocenters. The number of hydrogen-bond acceptors (Lipinski definition) is 5. The van der Waals surface area contributed by atoms with Crippen LogP contribution in [0.15, 0.2) is 47.5 Å². The Bertz CT molecular complexity index is 787. The molecule has 1 aromatic carbocycles. The minimum atomic E-state index is 0.146. The van der Waals surface area contributed by atoms with Crippen molar-refractivity contribution in [1.82, 2.24) is 14.4 Å². The van der Waals surface area contributed by atoms with Crippen LogP contribution in [0.4, 0.5) is 17.2 Å². The molecule has 0 saturated carbocycles. The minimum absolute atomic E-state index is 0.146. The number of aliphatic hydroxyl groups excluding tert-OH is 1. The first-order valence-electron chi connectivity index (χ1n) is 7.43. The van der Waals surface area contributed by atoms with Gasteiger partial charge in [-0.3, -0.25) is 0 Å². The van der Waals surface area contributed by atoms with Crippen LogP contribution >= 0.6 is 15.9 Å². The minimum Gasteiger partial charge on any atom is -0.395 e. The molecule has 0 aliphatic heterocycles. The van der Waals surface area contributed by atoms with Gasteiger partial charge in [-0.2, -0.15) is 0 Å². The number of fused-ring (bicyclic) bond motifs is 1. The van der Waals surface area contributed by atoms with E-state index in [1.807, 2.05) is 41.1 Å². The molecule has 2 aromatic heterocycles. The van der Waals surface area contributed by atoms with Crippen molar-refractivity contribution in [3.63, 3.8) is 0 Å². The van der Waals surface area contributed by atoms with Crippen LogP contribution in [0.25, 0.3) is 5.65 Å². The first kappa shape index (κ1) is 15.8. The molecule has 0 amide bonds. The lowest BCUT2D eigenvalue weighted by molar-refractivity contribution is 0.302. The van der Waals surface area contributed by atoms with Gasteiger partial charge in [0.25, 0.3) is 0 Å². The van der Waals surface area contributed by atoms with Gasteiger partial charge in [-0.25, -0.2) is 9.97 Å². The number of halogens is 1. The highest BCUT2D eigenvalue weighted by atomic mass is 79.9. The Morgan fingerprint density at radius 3 is 2.78 bits per heavy atom. The third-order valence-corrected chi connectivity index (χ3v) is 3.97. The van der Waals surface area contributed by atoms with Gasteiger partial charge in [0.2, 0.25) is 0 Å². The topological polar surface area (TPSA) is 65.7 Å². The van der Waals surface area contributed by atoms with Gasteiger partial charge in [-0.1, -0.05) is 0 Å². The molecule has 0 saturated heterocycles. The van der Waals surface area contributed by atoms with Crippen molar-refractivity contribution in [2.24, 2.45) is 0 Å². The third-order valence-electron chi connectivity index (χ3n) is 3.59. The number of nitrogens with zero attached hydrogens (tertiary/aromatic N) is 4. The monoisotopic (exact) mass is 375 g/mol. The van der Waals surface area contributed by atoms with Crippen LogP contribution in [0.2, 0.25) is 0 Å². The van der Waals surface area contributed by atoms with Gasteiger partial charge in [-0.15, -0.1) is 0 Å². The quantitative estimate of drug-likeness (QED) is 0.692. The zero-order chi connectivity index (χ0) is 16.2. The van der Waals surface area contributed by atoms with E-state index >= 15 is 0 Å². The van der Waals surface area contributed by atoms with Gasteiger partial charge in [0.05, 0.1) is 6.61 Å². The van der Waals surface area contributed by atoms with E-state index in [-0.39, 0.29) is 6.61 Å². The zero-order valence-corrected chi connectivity index (χ0v) is 14.4. The second-order valence-corrected chi connectivity index (χ2v) is 5.86. The molecule has 0 bridgehead atoms. The molecule has 3 aromatic rings. The van der Waals surface area contributed by atoms with E-state index in [1.165, 1.54) is 0 Å². The van der Waals surface area contributed by atoms with E-state index in [2.05, 4.69) is 43.0 Å². The van der Waals surface area contributed by atoms with Gasteiger partial charge in [-0.05, 0) is 47.1 Å². The number of likely N-dealkylation sites (N-methyl/N-ethyl adjacent to an activating group) is 1. The summed E-state index contributed by atoms with van der Waals surface area (Å²) in [6.45, 7) is 3.70. The Balaban J connectivity index is 1.84. The fourth-order valence-electron chi connectivity index (χ4n) is 2.47. The third kappa shape index (κ3) is 3.46. The molecular weight excluding hydrogens is 358 g/mol. The standard InChI is InChI=1S/C16H18BrN5O/c1-2-21(9-10-23)13-5-3-12(4-6-13)19-15-16-18-7-8-22(16)11-14(17)20-15/h3-8,11,23H,2,9-10H2,1H3,(H,19,20). The van der Waals surface area contributed by atoms with E-state index in [9.17, 15) is 0 Å². The molecule has 0 unspecified atom stereocenters. The predicted octanol–water partition coefficient (Wildman–Crippen LogP) is 3.05. The van der Waals surface area contributed by atoms with Crippen LogP contribution in [-0.2, 0) is 0 Å². The predicted molar refractivity (Wildman–Crippen MR) is 95.4 cm³/mol. The number of aliphatic hydroxyl groups is 1. The summed E-state index contributed by atoms with van der Waals surface area (Å²) in [5, 5.41) is 12.4. The average molecular weight is 376 g/mol. The molecule has 23 heavy (non-hydrogen) atoms. The van der Waals surface area contributed by atoms with Crippen molar-refractivity contribution in [3.05, 3.63) is 47.5 Å². The zero-order valence-electron chi connectivity index (χ0n) is 12.8. The van der Waals surface area contributed by atoms with Gasteiger partial charge < -0.3 is 19.7 Å². The van der Waals surface area contributed by atoms with Crippen molar-refractivity contribution in [1.29, 1.82) is 0 Å². The summed E-state index contributed by atoms with van der Waals surface area (Å²) in [5.41, 5.74) is 2.79. The second kappa shape index (κ2) is 6.97. The summed E-state index contributed by atoms with van der Waals surface area (Å²) >= 11 is 3.41. The average Bonchev–Trinajstić information content (AvgIpc) is 3.02. The maximum Gasteiger partial charge on any atom is 0.180 e. The normalized spacial score (nSPS) is 10.9. The summed E-state index contributed by atoms with van der Waals surface area (Å²) in [4.78, 5) is 10.9. The van der Waals surface area contributed by atoms with Gasteiger partial charge >= 0.3 is 0 Å². The lowest BCUT2D eigenvalue weighted by Crippen LogP contribution is -2.25. The Labute approximate surface area is 142 Å². The van der Waals surface area contributed by atoms with Crippen LogP contribution in [-0.4, -0.2) is 39.2 Å². The summed E-state index contributed by atoms with van der Waals surface area (Å²) in [5.74, 6) is 0.694. The highest BCUT2D eigenvalue weighted by Gasteiger charge is 2.08. The molecule has 2 N–H and O–H groups in total. The van der Waals surface area contributed by atoms with Crippen LogP contribution in [0.5, 0.6) is 0 Å². The summed E-state index contributed by atoms with van der Waals surface area (Å²) in [6, 6.07) is 8.05. The van der Waals surface area contributed by atoms with Crippen LogP contribution in [0, 0.1) is 0 Å². The molecule has 3 rings (SSSR count). The van der Waals surface area contributed by atoms with Crippen molar-refractivity contribution in [3.8, 4) is 0 Å². The van der Waals surface area contributed by atoms with E-state index in [0.29, 0.717) is 12.4 Å². The Morgan fingerprint density at radius 1 is 1.30 bits per heavy atom. The van der Waals surface area contributed by atoms with Gasteiger partial charge in [0, 0.05) is 43.1 Å². The lowest BCUT2D eigenvalue weighted by atomic mass is 10.2. The number of nitrogens with one attached hydrogen (secondary N) is 1. The fraction of sp³-hybridized carbons (Fsp3) is 0.250. The van der Waals surface area contributed by atoms with Gasteiger partial charge in [0.1, 0.15) is 4.60 Å². The molecule has 0 radical (unpaired) electrons. The van der Waals surface area contributed by atoms with E-state index < -0.39 is 0 Å². The molecule has 0 aliphatic rings. The van der Waals surface area contributed by atoms with Crippen molar-refractivity contribution in [2.75, 3.05) is 29.9 Å². The first-order valence-corrected chi connectivity index (χ1v) is 8.22. The largest absolute Gasteiger partial charge is 0.395 e. The SMILES string of the molecule is CCN(CCO)c1ccc(Nc2nc(Br)cn3ccnc23)cc1. The summed E-state index contributed by atoms with van der Waals surface area (Å²) in [7, 11) is 0. The van der Waals surface area contributed by atoms with E-state index in [0.717, 1.165) is 28.2 Å². The molecule has 120 valence electrons.